The lowest BCUT2D eigenvalue weighted by molar-refractivity contribution is -0.139. The standard InChI is InChI=1S/C22H40N2O12S/c23-18(21(27)28)17-37-19(22(29)30)16-20(26)24-2-5-32-7-9-34-11-13-36-15-14-35-12-10-33-8-6-31-4-1-3-25/h3,18-19H,1-2,4-17,23H2,(H,24,26)(H,27,28)(H,29,30). The molecular weight excluding hydrogens is 516 g/mol. The Bertz CT molecular complexity index is 614. The average Bonchev–Trinajstić information content (AvgIpc) is 2.86. The molecule has 14 nitrogen and oxygen atoms in total. The van der Waals surface area contributed by atoms with Crippen molar-refractivity contribution < 1.29 is 57.8 Å². The van der Waals surface area contributed by atoms with Gasteiger partial charge in [-0.3, -0.25) is 14.4 Å². The molecule has 0 aromatic heterocycles. The maximum Gasteiger partial charge on any atom is 0.321 e. The molecule has 0 aromatic rings. The van der Waals surface area contributed by atoms with Gasteiger partial charge in [0.1, 0.15) is 17.6 Å². The van der Waals surface area contributed by atoms with Gasteiger partial charge in [-0.05, 0) is 0 Å². The van der Waals surface area contributed by atoms with Crippen LogP contribution in [0.2, 0.25) is 0 Å². The quantitative estimate of drug-likeness (QED) is 0.0659. The zero-order valence-electron chi connectivity index (χ0n) is 21.0. The van der Waals surface area contributed by atoms with Gasteiger partial charge in [-0.2, -0.15) is 0 Å². The molecule has 0 bridgehead atoms. The molecule has 5 N–H and O–H groups in total. The Morgan fingerprint density at radius 2 is 1.16 bits per heavy atom. The highest BCUT2D eigenvalue weighted by Gasteiger charge is 2.24. The van der Waals surface area contributed by atoms with E-state index in [2.05, 4.69) is 5.32 Å². The summed E-state index contributed by atoms with van der Waals surface area (Å²) in [5.41, 5.74) is 5.35. The van der Waals surface area contributed by atoms with Gasteiger partial charge in [0, 0.05) is 25.1 Å². The molecule has 0 spiro atoms. The highest BCUT2D eigenvalue weighted by atomic mass is 32.2. The predicted octanol–water partition coefficient (Wildman–Crippen LogP) is -1.22. The van der Waals surface area contributed by atoms with Crippen LogP contribution in [0.15, 0.2) is 0 Å². The Morgan fingerprint density at radius 1 is 0.730 bits per heavy atom. The van der Waals surface area contributed by atoms with Crippen LogP contribution in [0.3, 0.4) is 0 Å². The Labute approximate surface area is 220 Å². The lowest BCUT2D eigenvalue weighted by atomic mass is 10.3. The molecule has 0 fully saturated rings. The summed E-state index contributed by atoms with van der Waals surface area (Å²) in [5.74, 6) is -3.03. The third-order valence-corrected chi connectivity index (χ3v) is 5.57. The van der Waals surface area contributed by atoms with Crippen molar-refractivity contribution in [1.82, 2.24) is 5.32 Å². The number of thioether (sulfide) groups is 1. The zero-order valence-corrected chi connectivity index (χ0v) is 21.8. The fourth-order valence-corrected chi connectivity index (χ4v) is 3.34. The van der Waals surface area contributed by atoms with E-state index in [1.165, 1.54) is 0 Å². The second-order valence-corrected chi connectivity index (χ2v) is 8.52. The summed E-state index contributed by atoms with van der Waals surface area (Å²) < 4.78 is 31.9. The highest BCUT2D eigenvalue weighted by Crippen LogP contribution is 2.16. The van der Waals surface area contributed by atoms with Gasteiger partial charge in [0.2, 0.25) is 5.91 Å². The van der Waals surface area contributed by atoms with Gasteiger partial charge in [0.15, 0.2) is 0 Å². The number of carboxylic acid groups (broad SMARTS) is 2. The van der Waals surface area contributed by atoms with Gasteiger partial charge in [-0.25, -0.2) is 0 Å². The van der Waals surface area contributed by atoms with E-state index >= 15 is 0 Å². The summed E-state index contributed by atoms with van der Waals surface area (Å²) in [4.78, 5) is 43.9. The molecule has 0 aromatic carbocycles. The molecule has 216 valence electrons. The minimum Gasteiger partial charge on any atom is -0.480 e. The molecule has 37 heavy (non-hydrogen) atoms. The number of nitrogens with one attached hydrogen (secondary N) is 1. The summed E-state index contributed by atoms with van der Waals surface area (Å²) in [6.07, 6.45) is 0.900. The molecule has 0 aliphatic heterocycles. The van der Waals surface area contributed by atoms with Crippen LogP contribution in [0.1, 0.15) is 12.8 Å². The summed E-state index contributed by atoms with van der Waals surface area (Å²) in [6, 6.07) is -1.19. The van der Waals surface area contributed by atoms with Gasteiger partial charge in [0.25, 0.3) is 0 Å². The van der Waals surface area contributed by atoms with E-state index in [0.717, 1.165) is 18.0 Å². The minimum absolute atomic E-state index is 0.111. The molecule has 1 amide bonds. The van der Waals surface area contributed by atoms with Crippen molar-refractivity contribution in [2.24, 2.45) is 5.73 Å². The van der Waals surface area contributed by atoms with E-state index in [-0.39, 0.29) is 25.3 Å². The van der Waals surface area contributed by atoms with Crippen LogP contribution in [-0.4, -0.2) is 137 Å². The normalized spacial score (nSPS) is 12.7. The van der Waals surface area contributed by atoms with E-state index in [1.807, 2.05) is 0 Å². The van der Waals surface area contributed by atoms with Crippen molar-refractivity contribution in [3.05, 3.63) is 0 Å². The number of amides is 1. The van der Waals surface area contributed by atoms with E-state index in [9.17, 15) is 19.2 Å². The van der Waals surface area contributed by atoms with Gasteiger partial charge >= 0.3 is 11.9 Å². The molecule has 0 heterocycles. The third-order valence-electron chi connectivity index (χ3n) is 4.25. The first-order valence-electron chi connectivity index (χ1n) is 11.9. The van der Waals surface area contributed by atoms with Crippen LogP contribution in [0.4, 0.5) is 0 Å². The van der Waals surface area contributed by atoms with E-state index in [1.54, 1.807) is 0 Å². The number of nitrogens with two attached hydrogens (primary N) is 1. The van der Waals surface area contributed by atoms with Crippen molar-refractivity contribution in [1.29, 1.82) is 0 Å². The minimum atomic E-state index is -1.23. The summed E-state index contributed by atoms with van der Waals surface area (Å²) >= 11 is 0.815. The summed E-state index contributed by atoms with van der Waals surface area (Å²) in [6.45, 7) is 5.00. The van der Waals surface area contributed by atoms with Crippen LogP contribution in [0.5, 0.6) is 0 Å². The smallest absolute Gasteiger partial charge is 0.321 e. The largest absolute Gasteiger partial charge is 0.480 e. The molecular formula is C22H40N2O12S. The van der Waals surface area contributed by atoms with E-state index < -0.39 is 29.1 Å². The monoisotopic (exact) mass is 556 g/mol. The number of rotatable bonds is 28. The maximum atomic E-state index is 11.9. The average molecular weight is 557 g/mol. The van der Waals surface area contributed by atoms with Gasteiger partial charge in [0.05, 0.1) is 79.3 Å². The van der Waals surface area contributed by atoms with Crippen LogP contribution in [0, 0.1) is 0 Å². The van der Waals surface area contributed by atoms with Gasteiger partial charge in [-0.15, -0.1) is 11.8 Å². The van der Waals surface area contributed by atoms with Crippen LogP contribution in [0.25, 0.3) is 0 Å². The molecule has 0 rings (SSSR count). The van der Waals surface area contributed by atoms with Crippen molar-refractivity contribution in [3.8, 4) is 0 Å². The molecule has 0 aliphatic carbocycles. The van der Waals surface area contributed by atoms with Gasteiger partial charge < -0.3 is 54.5 Å². The number of carboxylic acids is 2. The fraction of sp³-hybridized carbons (Fsp3) is 0.818. The second kappa shape index (κ2) is 25.8. The van der Waals surface area contributed by atoms with Crippen LogP contribution < -0.4 is 11.1 Å². The number of carbonyl (C=O) groups is 4. The molecule has 0 radical (unpaired) electrons. The number of hydrogen-bond donors (Lipinski definition) is 4. The number of aldehydes is 1. The van der Waals surface area contributed by atoms with Crippen molar-refractivity contribution >= 4 is 35.9 Å². The molecule has 2 atom stereocenters. The van der Waals surface area contributed by atoms with Crippen molar-refractivity contribution in [2.45, 2.75) is 24.1 Å². The lowest BCUT2D eigenvalue weighted by Gasteiger charge is -2.14. The molecule has 2 unspecified atom stereocenters. The van der Waals surface area contributed by atoms with Crippen LogP contribution in [-0.2, 0) is 47.6 Å². The summed E-state index contributed by atoms with van der Waals surface area (Å²) in [7, 11) is 0. The first kappa shape index (κ1) is 35.2. The lowest BCUT2D eigenvalue weighted by Crippen LogP contribution is -2.36. The SMILES string of the molecule is NC(CSC(CC(=O)NCCOCCOCCOCCOCCOCCOCCC=O)C(=O)O)C(=O)O. The number of aliphatic carboxylic acids is 2. The molecule has 0 aliphatic rings. The first-order chi connectivity index (χ1) is 17.9. The Morgan fingerprint density at radius 3 is 1.57 bits per heavy atom. The predicted molar refractivity (Wildman–Crippen MR) is 133 cm³/mol. The van der Waals surface area contributed by atoms with Gasteiger partial charge in [-0.1, -0.05) is 0 Å². The second-order valence-electron chi connectivity index (χ2n) is 7.29. The van der Waals surface area contributed by atoms with Crippen molar-refractivity contribution in [3.63, 3.8) is 0 Å². The molecule has 15 heteroatoms. The fourth-order valence-electron chi connectivity index (χ4n) is 2.34. The zero-order chi connectivity index (χ0) is 27.6. The Balaban J connectivity index is 3.43. The van der Waals surface area contributed by atoms with E-state index in [0.29, 0.717) is 79.1 Å². The number of ether oxygens (including phenoxy) is 6. The number of hydrogen-bond acceptors (Lipinski definition) is 12. The topological polar surface area (TPSA) is 202 Å². The first-order valence-corrected chi connectivity index (χ1v) is 12.9. The Kier molecular flexibility index (Phi) is 24.5. The summed E-state index contributed by atoms with van der Waals surface area (Å²) in [5, 5.41) is 19.4. The van der Waals surface area contributed by atoms with E-state index in [4.69, 9.17) is 44.4 Å². The molecule has 0 saturated carbocycles. The molecule has 0 saturated heterocycles. The Hall–Kier alpha value is -1.85. The number of carbonyl (C=O) groups excluding carboxylic acids is 2. The van der Waals surface area contributed by atoms with Crippen LogP contribution >= 0.6 is 11.8 Å². The highest BCUT2D eigenvalue weighted by molar-refractivity contribution is 8.00. The third kappa shape index (κ3) is 24.3. The maximum absolute atomic E-state index is 11.9. The van der Waals surface area contributed by atoms with Crippen molar-refractivity contribution in [2.75, 3.05) is 91.6 Å².